The Balaban J connectivity index is 0.00000450. The summed E-state index contributed by atoms with van der Waals surface area (Å²) in [5.74, 6) is 0.957. The molecule has 0 aromatic heterocycles. The van der Waals surface area contributed by atoms with E-state index in [4.69, 9.17) is 4.74 Å². The molecule has 2 rings (SSSR count). The predicted molar refractivity (Wildman–Crippen MR) is 129 cm³/mol. The number of carbonyl (C=O) groups excluding carboxylic acids is 1. The van der Waals surface area contributed by atoms with Crippen molar-refractivity contribution in [3.05, 3.63) is 65.0 Å². The number of nitrogens with zero attached hydrogens (tertiary/aromatic N) is 2. The second-order valence-corrected chi connectivity index (χ2v) is 6.86. The molecule has 1 amide bonds. The quantitative estimate of drug-likeness (QED) is 0.313. The van der Waals surface area contributed by atoms with Crippen LogP contribution in [-0.2, 0) is 17.9 Å². The van der Waals surface area contributed by atoms with Gasteiger partial charge in [-0.25, -0.2) is 9.38 Å². The average Bonchev–Trinajstić information content (AvgIpc) is 2.71. The van der Waals surface area contributed by atoms with Crippen LogP contribution in [0.5, 0.6) is 5.75 Å². The Morgan fingerprint density at radius 1 is 1.13 bits per heavy atom. The molecule has 0 aliphatic carbocycles. The molecule has 0 aliphatic heterocycles. The molecule has 0 bridgehead atoms. The van der Waals surface area contributed by atoms with Crippen LogP contribution in [0.25, 0.3) is 0 Å². The van der Waals surface area contributed by atoms with Crippen LogP contribution >= 0.6 is 24.0 Å². The zero-order chi connectivity index (χ0) is 21.2. The van der Waals surface area contributed by atoms with Crippen LogP contribution in [0.2, 0.25) is 0 Å². The van der Waals surface area contributed by atoms with Gasteiger partial charge in [-0.1, -0.05) is 24.3 Å². The van der Waals surface area contributed by atoms with Gasteiger partial charge in [0.1, 0.15) is 11.6 Å². The summed E-state index contributed by atoms with van der Waals surface area (Å²) >= 11 is 0. The predicted octanol–water partition coefficient (Wildman–Crippen LogP) is 3.47. The second kappa shape index (κ2) is 13.0. The van der Waals surface area contributed by atoms with Gasteiger partial charge in [0.05, 0.1) is 6.54 Å². The minimum Gasteiger partial charge on any atom is -0.484 e. The standard InChI is InChI=1S/C22H29FN4O2.HI/c1-5-24-22(26-14-18-10-9-16(2)20(23)12-18)25-13-17-7-6-8-19(11-17)29-15-21(28)27(3)4;/h6-12H,5,13-15H2,1-4H3,(H2,24,25,26);1H. The van der Waals surface area contributed by atoms with Gasteiger partial charge in [0.2, 0.25) is 0 Å². The molecule has 0 atom stereocenters. The molecular formula is C22H30FIN4O2. The van der Waals surface area contributed by atoms with Gasteiger partial charge in [0, 0.05) is 27.2 Å². The van der Waals surface area contributed by atoms with Gasteiger partial charge >= 0.3 is 0 Å². The number of ether oxygens (including phenoxy) is 1. The Kier molecular flexibility index (Phi) is 11.2. The summed E-state index contributed by atoms with van der Waals surface area (Å²) in [5, 5.41) is 6.39. The van der Waals surface area contributed by atoms with Crippen LogP contribution in [0.3, 0.4) is 0 Å². The van der Waals surface area contributed by atoms with Gasteiger partial charge in [-0.15, -0.1) is 24.0 Å². The molecule has 30 heavy (non-hydrogen) atoms. The molecule has 0 fully saturated rings. The molecule has 0 aliphatic rings. The summed E-state index contributed by atoms with van der Waals surface area (Å²) in [7, 11) is 3.38. The molecule has 6 nitrogen and oxygen atoms in total. The maximum absolute atomic E-state index is 13.7. The lowest BCUT2D eigenvalue weighted by Crippen LogP contribution is -2.36. The summed E-state index contributed by atoms with van der Waals surface area (Å²) in [4.78, 5) is 17.7. The van der Waals surface area contributed by atoms with E-state index in [1.54, 1.807) is 27.1 Å². The molecule has 2 N–H and O–H groups in total. The monoisotopic (exact) mass is 528 g/mol. The van der Waals surface area contributed by atoms with Crippen molar-refractivity contribution in [2.75, 3.05) is 27.2 Å². The number of aryl methyl sites for hydroxylation is 1. The minimum atomic E-state index is -0.212. The first-order chi connectivity index (χ1) is 13.9. The molecule has 0 radical (unpaired) electrons. The molecule has 0 spiro atoms. The van der Waals surface area contributed by atoms with E-state index in [9.17, 15) is 9.18 Å². The average molecular weight is 528 g/mol. The van der Waals surface area contributed by atoms with Gasteiger partial charge in [-0.3, -0.25) is 4.79 Å². The third kappa shape index (κ3) is 8.56. The maximum Gasteiger partial charge on any atom is 0.259 e. The molecule has 0 unspecified atom stereocenters. The van der Waals surface area contributed by atoms with Crippen molar-refractivity contribution in [3.63, 3.8) is 0 Å². The van der Waals surface area contributed by atoms with E-state index >= 15 is 0 Å². The Morgan fingerprint density at radius 2 is 1.90 bits per heavy atom. The molecule has 164 valence electrons. The largest absolute Gasteiger partial charge is 0.484 e. The van der Waals surface area contributed by atoms with Gasteiger partial charge in [-0.05, 0) is 48.7 Å². The summed E-state index contributed by atoms with van der Waals surface area (Å²) in [6, 6.07) is 12.7. The number of benzene rings is 2. The van der Waals surface area contributed by atoms with E-state index in [-0.39, 0.29) is 42.3 Å². The van der Waals surface area contributed by atoms with E-state index in [0.29, 0.717) is 36.9 Å². The van der Waals surface area contributed by atoms with Crippen LogP contribution in [0.4, 0.5) is 4.39 Å². The van der Waals surface area contributed by atoms with Crippen LogP contribution in [0.15, 0.2) is 47.5 Å². The van der Waals surface area contributed by atoms with Gasteiger partial charge in [0.25, 0.3) is 5.91 Å². The first kappa shape index (κ1) is 25.7. The van der Waals surface area contributed by atoms with Gasteiger partial charge < -0.3 is 20.3 Å². The fourth-order valence-corrected chi connectivity index (χ4v) is 2.45. The number of halogens is 2. The molecule has 0 saturated carbocycles. The summed E-state index contributed by atoms with van der Waals surface area (Å²) < 4.78 is 19.3. The van der Waals surface area contributed by atoms with Gasteiger partial charge in [-0.2, -0.15) is 0 Å². The van der Waals surface area contributed by atoms with E-state index < -0.39 is 0 Å². The van der Waals surface area contributed by atoms with Crippen molar-refractivity contribution >= 4 is 35.8 Å². The molecule has 2 aromatic rings. The Labute approximate surface area is 194 Å². The van der Waals surface area contributed by atoms with Crippen molar-refractivity contribution in [1.29, 1.82) is 0 Å². The topological polar surface area (TPSA) is 66.0 Å². The first-order valence-electron chi connectivity index (χ1n) is 9.58. The summed E-state index contributed by atoms with van der Waals surface area (Å²) in [6.07, 6.45) is 0. The van der Waals surface area contributed by atoms with E-state index in [1.807, 2.05) is 37.3 Å². The number of nitrogens with one attached hydrogen (secondary N) is 2. The number of likely N-dealkylation sites (N-methyl/N-ethyl adjacent to an activating group) is 1. The minimum absolute atomic E-state index is 0. The Hall–Kier alpha value is -2.36. The zero-order valence-electron chi connectivity index (χ0n) is 17.9. The van der Waals surface area contributed by atoms with Crippen LogP contribution < -0.4 is 15.4 Å². The third-order valence-corrected chi connectivity index (χ3v) is 4.22. The fourth-order valence-electron chi connectivity index (χ4n) is 2.45. The van der Waals surface area contributed by atoms with Crippen LogP contribution in [0, 0.1) is 12.7 Å². The highest BCUT2D eigenvalue weighted by molar-refractivity contribution is 14.0. The number of rotatable bonds is 8. The van der Waals surface area contributed by atoms with Gasteiger partial charge in [0.15, 0.2) is 12.6 Å². The van der Waals surface area contributed by atoms with Crippen molar-refractivity contribution in [3.8, 4) is 5.75 Å². The molecule has 2 aromatic carbocycles. The van der Waals surface area contributed by atoms with Crippen LogP contribution in [0.1, 0.15) is 23.6 Å². The van der Waals surface area contributed by atoms with E-state index in [2.05, 4.69) is 15.6 Å². The molecular weight excluding hydrogens is 498 g/mol. The Morgan fingerprint density at radius 3 is 2.57 bits per heavy atom. The number of hydrogen-bond acceptors (Lipinski definition) is 3. The molecule has 8 heteroatoms. The number of amides is 1. The molecule has 0 saturated heterocycles. The normalized spacial score (nSPS) is 10.8. The van der Waals surface area contributed by atoms with Crippen molar-refractivity contribution in [2.24, 2.45) is 4.99 Å². The van der Waals surface area contributed by atoms with Crippen molar-refractivity contribution in [2.45, 2.75) is 26.9 Å². The zero-order valence-corrected chi connectivity index (χ0v) is 20.2. The smallest absolute Gasteiger partial charge is 0.259 e. The lowest BCUT2D eigenvalue weighted by molar-refractivity contribution is -0.130. The summed E-state index contributed by atoms with van der Waals surface area (Å²) in [5.41, 5.74) is 2.43. The van der Waals surface area contributed by atoms with E-state index in [1.165, 1.54) is 11.0 Å². The highest BCUT2D eigenvalue weighted by Crippen LogP contribution is 2.14. The Bertz CT molecular complexity index is 859. The van der Waals surface area contributed by atoms with Crippen molar-refractivity contribution in [1.82, 2.24) is 15.5 Å². The number of carbonyl (C=O) groups is 1. The number of guanidine groups is 1. The maximum atomic E-state index is 13.7. The SMILES string of the molecule is CCNC(=NCc1cccc(OCC(=O)N(C)C)c1)NCc1ccc(C)c(F)c1.I. The van der Waals surface area contributed by atoms with Crippen LogP contribution in [-0.4, -0.2) is 44.0 Å². The third-order valence-electron chi connectivity index (χ3n) is 4.22. The first-order valence-corrected chi connectivity index (χ1v) is 9.58. The lowest BCUT2D eigenvalue weighted by atomic mass is 10.1. The second-order valence-electron chi connectivity index (χ2n) is 6.86. The van der Waals surface area contributed by atoms with Crippen molar-refractivity contribution < 1.29 is 13.9 Å². The lowest BCUT2D eigenvalue weighted by Gasteiger charge is -2.13. The van der Waals surface area contributed by atoms with E-state index in [0.717, 1.165) is 11.1 Å². The number of hydrogen-bond donors (Lipinski definition) is 2. The molecule has 0 heterocycles. The number of aliphatic imine (C=N–C) groups is 1. The highest BCUT2D eigenvalue weighted by atomic mass is 127. The summed E-state index contributed by atoms with van der Waals surface area (Å²) in [6.45, 7) is 5.35. The fraction of sp³-hybridized carbons (Fsp3) is 0.364. The highest BCUT2D eigenvalue weighted by Gasteiger charge is 2.06.